The summed E-state index contributed by atoms with van der Waals surface area (Å²) in [6, 6.07) is 8.85. The van der Waals surface area contributed by atoms with Gasteiger partial charge in [-0.2, -0.15) is 0 Å². The first-order valence-corrected chi connectivity index (χ1v) is 6.42. The molecule has 19 heavy (non-hydrogen) atoms. The van der Waals surface area contributed by atoms with E-state index >= 15 is 0 Å². The molecule has 5 heteroatoms. The van der Waals surface area contributed by atoms with Gasteiger partial charge in [0.25, 0.3) is 5.91 Å². The van der Waals surface area contributed by atoms with Crippen LogP contribution in [-0.4, -0.2) is 15.9 Å². The maximum atomic E-state index is 11.9. The first-order valence-electron chi connectivity index (χ1n) is 6.04. The Hall–Kier alpha value is -1.94. The highest BCUT2D eigenvalue weighted by Crippen LogP contribution is 2.07. The standard InChI is InChI=1S/C14H14ClN3O/c1-2-10-5-4-8-16-12(10)9-17-14(19)11-6-3-7-13(15)18-11/h3-8H,2,9H2,1H3,(H,17,19). The number of nitrogens with one attached hydrogen (secondary N) is 1. The Labute approximate surface area is 116 Å². The van der Waals surface area contributed by atoms with Crippen LogP contribution in [0.5, 0.6) is 0 Å². The van der Waals surface area contributed by atoms with Crippen LogP contribution in [0.1, 0.15) is 28.7 Å². The second-order valence-electron chi connectivity index (χ2n) is 3.99. The Morgan fingerprint density at radius 3 is 2.89 bits per heavy atom. The van der Waals surface area contributed by atoms with Crippen molar-refractivity contribution in [1.29, 1.82) is 0 Å². The molecule has 1 N–H and O–H groups in total. The van der Waals surface area contributed by atoms with Crippen molar-refractivity contribution in [2.24, 2.45) is 0 Å². The molecule has 0 bridgehead atoms. The van der Waals surface area contributed by atoms with Crippen LogP contribution in [-0.2, 0) is 13.0 Å². The molecule has 1 amide bonds. The summed E-state index contributed by atoms with van der Waals surface area (Å²) in [4.78, 5) is 20.1. The fourth-order valence-corrected chi connectivity index (χ4v) is 1.91. The van der Waals surface area contributed by atoms with E-state index in [1.54, 1.807) is 24.4 Å². The Morgan fingerprint density at radius 1 is 1.32 bits per heavy atom. The molecule has 98 valence electrons. The highest BCUT2D eigenvalue weighted by atomic mass is 35.5. The number of pyridine rings is 2. The predicted octanol–water partition coefficient (Wildman–Crippen LogP) is 2.62. The van der Waals surface area contributed by atoms with Crippen LogP contribution in [0.25, 0.3) is 0 Å². The summed E-state index contributed by atoms with van der Waals surface area (Å²) in [5, 5.41) is 3.10. The van der Waals surface area contributed by atoms with Gasteiger partial charge in [0, 0.05) is 6.20 Å². The first-order chi connectivity index (χ1) is 9.20. The molecular weight excluding hydrogens is 262 g/mol. The van der Waals surface area contributed by atoms with Crippen molar-refractivity contribution in [3.63, 3.8) is 0 Å². The molecule has 2 aromatic rings. The van der Waals surface area contributed by atoms with Gasteiger partial charge in [0.1, 0.15) is 10.8 Å². The Morgan fingerprint density at radius 2 is 2.16 bits per heavy atom. The molecule has 0 aliphatic rings. The lowest BCUT2D eigenvalue weighted by Crippen LogP contribution is -2.24. The van der Waals surface area contributed by atoms with Gasteiger partial charge in [0.05, 0.1) is 12.2 Å². The molecule has 0 fully saturated rings. The van der Waals surface area contributed by atoms with Gasteiger partial charge in [0.2, 0.25) is 0 Å². The third kappa shape index (κ3) is 3.51. The van der Waals surface area contributed by atoms with E-state index in [1.807, 2.05) is 12.1 Å². The normalized spacial score (nSPS) is 10.2. The molecule has 0 saturated carbocycles. The molecule has 0 aliphatic carbocycles. The average molecular weight is 276 g/mol. The number of hydrogen-bond acceptors (Lipinski definition) is 3. The van der Waals surface area contributed by atoms with Crippen molar-refractivity contribution in [3.05, 3.63) is 58.6 Å². The third-order valence-corrected chi connectivity index (χ3v) is 2.94. The van der Waals surface area contributed by atoms with E-state index in [4.69, 9.17) is 11.6 Å². The molecule has 2 heterocycles. The lowest BCUT2D eigenvalue weighted by atomic mass is 10.1. The fraction of sp³-hybridized carbons (Fsp3) is 0.214. The highest BCUT2D eigenvalue weighted by Gasteiger charge is 2.08. The lowest BCUT2D eigenvalue weighted by Gasteiger charge is -2.08. The summed E-state index contributed by atoms with van der Waals surface area (Å²) in [7, 11) is 0. The monoisotopic (exact) mass is 275 g/mol. The molecule has 0 aromatic carbocycles. The van der Waals surface area contributed by atoms with Crippen LogP contribution in [0.15, 0.2) is 36.5 Å². The molecular formula is C14H14ClN3O. The smallest absolute Gasteiger partial charge is 0.270 e. The van der Waals surface area contributed by atoms with Gasteiger partial charge >= 0.3 is 0 Å². The summed E-state index contributed by atoms with van der Waals surface area (Å²) in [5.41, 5.74) is 2.31. The number of aryl methyl sites for hydroxylation is 1. The first kappa shape index (κ1) is 13.5. The van der Waals surface area contributed by atoms with E-state index in [2.05, 4.69) is 22.2 Å². The highest BCUT2D eigenvalue weighted by molar-refractivity contribution is 6.29. The number of aromatic nitrogens is 2. The summed E-state index contributed by atoms with van der Waals surface area (Å²) in [5.74, 6) is -0.254. The quantitative estimate of drug-likeness (QED) is 0.873. The van der Waals surface area contributed by atoms with Crippen molar-refractivity contribution in [2.75, 3.05) is 0 Å². The Balaban J connectivity index is 2.04. The zero-order valence-corrected chi connectivity index (χ0v) is 11.3. The van der Waals surface area contributed by atoms with Gasteiger partial charge in [-0.25, -0.2) is 4.98 Å². The SMILES string of the molecule is CCc1cccnc1CNC(=O)c1cccc(Cl)n1. The number of hydrogen-bond donors (Lipinski definition) is 1. The zero-order valence-electron chi connectivity index (χ0n) is 10.6. The van der Waals surface area contributed by atoms with Crippen molar-refractivity contribution in [2.45, 2.75) is 19.9 Å². The minimum atomic E-state index is -0.254. The third-order valence-electron chi connectivity index (χ3n) is 2.73. The second kappa shape index (κ2) is 6.29. The summed E-state index contributed by atoms with van der Waals surface area (Å²) >= 11 is 5.75. The van der Waals surface area contributed by atoms with E-state index in [0.717, 1.165) is 17.7 Å². The number of carbonyl (C=O) groups excluding carboxylic acids is 1. The topological polar surface area (TPSA) is 54.9 Å². The van der Waals surface area contributed by atoms with E-state index in [1.165, 1.54) is 0 Å². The van der Waals surface area contributed by atoms with E-state index in [0.29, 0.717) is 17.4 Å². The van der Waals surface area contributed by atoms with Crippen LogP contribution in [0.4, 0.5) is 0 Å². The summed E-state index contributed by atoms with van der Waals surface area (Å²) in [6.07, 6.45) is 2.60. The number of amides is 1. The van der Waals surface area contributed by atoms with E-state index < -0.39 is 0 Å². The molecule has 0 aliphatic heterocycles. The molecule has 0 atom stereocenters. The van der Waals surface area contributed by atoms with Crippen LogP contribution >= 0.6 is 11.6 Å². The molecule has 4 nitrogen and oxygen atoms in total. The minimum absolute atomic E-state index is 0.254. The van der Waals surface area contributed by atoms with Gasteiger partial charge < -0.3 is 5.32 Å². The van der Waals surface area contributed by atoms with Gasteiger partial charge in [-0.15, -0.1) is 0 Å². The number of rotatable bonds is 4. The lowest BCUT2D eigenvalue weighted by molar-refractivity contribution is 0.0945. The summed E-state index contributed by atoms with van der Waals surface area (Å²) in [6.45, 7) is 2.44. The van der Waals surface area contributed by atoms with Crippen molar-refractivity contribution < 1.29 is 4.79 Å². The van der Waals surface area contributed by atoms with Crippen LogP contribution in [0, 0.1) is 0 Å². The molecule has 0 radical (unpaired) electrons. The minimum Gasteiger partial charge on any atom is -0.345 e. The van der Waals surface area contributed by atoms with Crippen molar-refractivity contribution in [3.8, 4) is 0 Å². The van der Waals surface area contributed by atoms with E-state index in [-0.39, 0.29) is 5.91 Å². The number of halogens is 1. The number of nitrogens with zero attached hydrogens (tertiary/aromatic N) is 2. The van der Waals surface area contributed by atoms with Gasteiger partial charge in [-0.05, 0) is 30.2 Å². The number of carbonyl (C=O) groups is 1. The van der Waals surface area contributed by atoms with Gasteiger partial charge in [-0.3, -0.25) is 9.78 Å². The molecule has 0 unspecified atom stereocenters. The van der Waals surface area contributed by atoms with Crippen LogP contribution in [0.3, 0.4) is 0 Å². The molecule has 0 saturated heterocycles. The molecule has 0 spiro atoms. The fourth-order valence-electron chi connectivity index (χ4n) is 1.74. The zero-order chi connectivity index (χ0) is 13.7. The van der Waals surface area contributed by atoms with Crippen molar-refractivity contribution in [1.82, 2.24) is 15.3 Å². The molecule has 2 rings (SSSR count). The Kier molecular flexibility index (Phi) is 4.47. The average Bonchev–Trinajstić information content (AvgIpc) is 2.45. The van der Waals surface area contributed by atoms with Crippen LogP contribution in [0.2, 0.25) is 5.15 Å². The maximum absolute atomic E-state index is 11.9. The molecule has 2 aromatic heterocycles. The maximum Gasteiger partial charge on any atom is 0.270 e. The van der Waals surface area contributed by atoms with Gasteiger partial charge in [0.15, 0.2) is 0 Å². The summed E-state index contributed by atoms with van der Waals surface area (Å²) < 4.78 is 0. The second-order valence-corrected chi connectivity index (χ2v) is 4.38. The largest absolute Gasteiger partial charge is 0.345 e. The van der Waals surface area contributed by atoms with Gasteiger partial charge in [-0.1, -0.05) is 30.7 Å². The van der Waals surface area contributed by atoms with Crippen molar-refractivity contribution >= 4 is 17.5 Å². The Bertz CT molecular complexity index is 586. The predicted molar refractivity (Wildman–Crippen MR) is 74.0 cm³/mol. The van der Waals surface area contributed by atoms with E-state index in [9.17, 15) is 4.79 Å². The van der Waals surface area contributed by atoms with Crippen LogP contribution < -0.4 is 5.32 Å².